The Bertz CT molecular complexity index is 3560. The summed E-state index contributed by atoms with van der Waals surface area (Å²) in [7, 11) is 0. The summed E-state index contributed by atoms with van der Waals surface area (Å²) >= 11 is 0. The fourth-order valence-electron chi connectivity index (χ4n) is 10.1. The van der Waals surface area contributed by atoms with Gasteiger partial charge in [-0.05, 0) is 188 Å². The number of rotatable bonds is 2. The third-order valence-electron chi connectivity index (χ3n) is 12.6. The molecular weight excluding hydrogens is 677 g/mol. The highest BCUT2D eigenvalue weighted by molar-refractivity contribution is 6.30. The van der Waals surface area contributed by atoms with Crippen LogP contribution in [0.4, 0.5) is 5.69 Å². The Hall–Kier alpha value is -7.52. The molecule has 0 saturated heterocycles. The van der Waals surface area contributed by atoms with Gasteiger partial charge in [-0.2, -0.15) is 5.26 Å². The summed E-state index contributed by atoms with van der Waals surface area (Å²) < 4.78 is 0. The van der Waals surface area contributed by atoms with E-state index in [2.05, 4.69) is 152 Å². The molecule has 0 atom stereocenters. The number of aryl methyl sites for hydroxylation is 2. The summed E-state index contributed by atoms with van der Waals surface area (Å²) in [5.74, 6) is 0. The Kier molecular flexibility index (Phi) is 6.08. The van der Waals surface area contributed by atoms with Gasteiger partial charge in [-0.25, -0.2) is 4.85 Å². The van der Waals surface area contributed by atoms with Crippen molar-refractivity contribution in [2.75, 3.05) is 0 Å². The van der Waals surface area contributed by atoms with Crippen LogP contribution in [0.3, 0.4) is 0 Å². The Balaban J connectivity index is 1.27. The summed E-state index contributed by atoms with van der Waals surface area (Å²) in [6.07, 6.45) is 0. The monoisotopic (exact) mass is 706 g/mol. The SMILES string of the molecule is [C-]#[N+]c1ccc(C)c(-c2c3c(cc4c2ccc2c5cc6c(cc5c(-c5ccc(C#N)cc5C)cc42)-c2cccc4cccc-6c24)-c2cccc4cccc-3c24)c1. The normalized spacial score (nSPS) is 12.1. The van der Waals surface area contributed by atoms with E-state index in [0.717, 1.165) is 27.8 Å². The Labute approximate surface area is 324 Å². The van der Waals surface area contributed by atoms with Gasteiger partial charge in [0.15, 0.2) is 5.69 Å². The van der Waals surface area contributed by atoms with E-state index >= 15 is 0 Å². The summed E-state index contributed by atoms with van der Waals surface area (Å²) in [5, 5.41) is 22.1. The predicted molar refractivity (Wildman–Crippen MR) is 234 cm³/mol. The molecule has 0 fully saturated rings. The maximum atomic E-state index is 9.82. The zero-order valence-electron chi connectivity index (χ0n) is 30.8. The molecule has 0 spiro atoms. The van der Waals surface area contributed by atoms with Crippen molar-refractivity contribution in [3.8, 4) is 72.8 Å². The standard InChI is InChI=1S/C54H30N2/c1-29-16-18-34(56-3)23-42(29)53-40-21-20-36-44(48(40)27-50-39-14-6-10-33-11-7-15-41(52(33)39)54(50)53)24-43(35-19-17-31(28-55)22-30(35)2)49-26-47-38-13-5-9-32-8-4-12-37(51(32)38)46(47)25-45(36)49/h4-27H,1-2H3. The van der Waals surface area contributed by atoms with Crippen LogP contribution in [0.2, 0.25) is 0 Å². The number of fused-ring (bicyclic) bond motifs is 11. The molecule has 0 unspecified atom stereocenters. The summed E-state index contributed by atoms with van der Waals surface area (Å²) in [6, 6.07) is 55.5. The van der Waals surface area contributed by atoms with Crippen LogP contribution in [0.25, 0.3) is 125 Å². The first kappa shape index (κ1) is 30.9. The molecule has 2 nitrogen and oxygen atoms in total. The lowest BCUT2D eigenvalue weighted by atomic mass is 9.83. The van der Waals surface area contributed by atoms with Crippen LogP contribution in [0.5, 0.6) is 0 Å². The molecule has 0 bridgehead atoms. The van der Waals surface area contributed by atoms with Crippen molar-refractivity contribution in [3.05, 3.63) is 174 Å². The molecule has 0 N–H and O–H groups in total. The van der Waals surface area contributed by atoms with E-state index in [0.29, 0.717) is 11.3 Å². The number of hydrogen-bond donors (Lipinski definition) is 0. The maximum Gasteiger partial charge on any atom is 0.187 e. The number of nitrogens with zero attached hydrogens (tertiary/aromatic N) is 2. The molecule has 0 aliphatic heterocycles. The fourth-order valence-corrected chi connectivity index (χ4v) is 10.1. The van der Waals surface area contributed by atoms with E-state index in [-0.39, 0.29) is 0 Å². The van der Waals surface area contributed by atoms with Crippen LogP contribution in [-0.2, 0) is 0 Å². The van der Waals surface area contributed by atoms with Gasteiger partial charge in [0.2, 0.25) is 0 Å². The number of nitriles is 1. The van der Waals surface area contributed by atoms with Gasteiger partial charge in [-0.3, -0.25) is 0 Å². The fraction of sp³-hybridized carbons (Fsp3) is 0.0370. The van der Waals surface area contributed by atoms with Crippen LogP contribution in [0, 0.1) is 31.8 Å². The Morgan fingerprint density at radius 1 is 0.411 bits per heavy atom. The topological polar surface area (TPSA) is 28.1 Å². The molecule has 56 heavy (non-hydrogen) atoms. The van der Waals surface area contributed by atoms with Crippen LogP contribution >= 0.6 is 0 Å². The highest BCUT2D eigenvalue weighted by Gasteiger charge is 2.29. The first-order valence-corrected chi connectivity index (χ1v) is 19.1. The second kappa shape index (κ2) is 11.0. The quantitative estimate of drug-likeness (QED) is 0.130. The van der Waals surface area contributed by atoms with E-state index in [1.54, 1.807) is 0 Å². The average molecular weight is 707 g/mol. The molecule has 0 saturated carbocycles. The minimum Gasteiger partial charge on any atom is -0.238 e. The minimum atomic E-state index is 0.639. The maximum absolute atomic E-state index is 9.82. The van der Waals surface area contributed by atoms with E-state index in [4.69, 9.17) is 6.57 Å². The van der Waals surface area contributed by atoms with Crippen molar-refractivity contribution in [3.63, 3.8) is 0 Å². The summed E-state index contributed by atoms with van der Waals surface area (Å²) in [5.41, 5.74) is 18.1. The Morgan fingerprint density at radius 3 is 1.66 bits per heavy atom. The number of benzene rings is 10. The molecule has 10 aromatic rings. The van der Waals surface area contributed by atoms with E-state index in [1.165, 1.54) is 104 Å². The molecule has 12 rings (SSSR count). The molecule has 0 aromatic heterocycles. The second-order valence-corrected chi connectivity index (χ2v) is 15.5. The first-order chi connectivity index (χ1) is 27.5. The van der Waals surface area contributed by atoms with Crippen LogP contribution < -0.4 is 0 Å². The molecule has 2 heteroatoms. The van der Waals surface area contributed by atoms with Gasteiger partial charge in [0.05, 0.1) is 18.2 Å². The zero-order valence-corrected chi connectivity index (χ0v) is 30.8. The van der Waals surface area contributed by atoms with Crippen LogP contribution in [0.1, 0.15) is 16.7 Å². The highest BCUT2D eigenvalue weighted by atomic mass is 14.6. The highest BCUT2D eigenvalue weighted by Crippen LogP contribution is 2.56. The minimum absolute atomic E-state index is 0.639. The van der Waals surface area contributed by atoms with Crippen LogP contribution in [0.15, 0.2) is 146 Å². The lowest BCUT2D eigenvalue weighted by Crippen LogP contribution is -1.94. The van der Waals surface area contributed by atoms with Gasteiger partial charge in [0.1, 0.15) is 0 Å². The average Bonchev–Trinajstić information content (AvgIpc) is 3.73. The van der Waals surface area contributed by atoms with Gasteiger partial charge < -0.3 is 0 Å². The largest absolute Gasteiger partial charge is 0.238 e. The van der Waals surface area contributed by atoms with E-state index in [9.17, 15) is 5.26 Å². The lowest BCUT2D eigenvalue weighted by molar-refractivity contribution is 1.42. The third kappa shape index (κ3) is 3.98. The molecule has 2 aliphatic carbocycles. The van der Waals surface area contributed by atoms with E-state index < -0.39 is 0 Å². The third-order valence-corrected chi connectivity index (χ3v) is 12.6. The second-order valence-electron chi connectivity index (χ2n) is 15.5. The first-order valence-electron chi connectivity index (χ1n) is 19.1. The zero-order chi connectivity index (χ0) is 37.4. The van der Waals surface area contributed by atoms with E-state index in [1.807, 2.05) is 18.2 Å². The molecule has 0 heterocycles. The molecule has 256 valence electrons. The van der Waals surface area contributed by atoms with Crippen molar-refractivity contribution in [1.82, 2.24) is 0 Å². The van der Waals surface area contributed by atoms with Gasteiger partial charge in [-0.1, -0.05) is 103 Å². The van der Waals surface area contributed by atoms with Crippen molar-refractivity contribution >= 4 is 59.5 Å². The van der Waals surface area contributed by atoms with Crippen molar-refractivity contribution < 1.29 is 0 Å². The molecule has 0 radical (unpaired) electrons. The van der Waals surface area contributed by atoms with Gasteiger partial charge in [0.25, 0.3) is 0 Å². The van der Waals surface area contributed by atoms with Gasteiger partial charge in [0, 0.05) is 0 Å². The smallest absolute Gasteiger partial charge is 0.187 e. The van der Waals surface area contributed by atoms with Crippen molar-refractivity contribution in [1.29, 1.82) is 5.26 Å². The predicted octanol–water partition coefficient (Wildman–Crippen LogP) is 15.1. The molecule has 10 aromatic carbocycles. The van der Waals surface area contributed by atoms with Gasteiger partial charge >= 0.3 is 0 Å². The van der Waals surface area contributed by atoms with Crippen molar-refractivity contribution in [2.24, 2.45) is 0 Å². The molecule has 2 aliphatic rings. The summed E-state index contributed by atoms with van der Waals surface area (Å²) in [6.45, 7) is 12.2. The van der Waals surface area contributed by atoms with Crippen molar-refractivity contribution in [2.45, 2.75) is 13.8 Å². The molecular formula is C54H30N2. The van der Waals surface area contributed by atoms with Crippen LogP contribution in [-0.4, -0.2) is 0 Å². The number of hydrogen-bond acceptors (Lipinski definition) is 1. The summed E-state index contributed by atoms with van der Waals surface area (Å²) in [4.78, 5) is 3.89. The Morgan fingerprint density at radius 2 is 0.982 bits per heavy atom. The molecule has 0 amide bonds. The van der Waals surface area contributed by atoms with Gasteiger partial charge in [-0.15, -0.1) is 0 Å². The lowest BCUT2D eigenvalue weighted by Gasteiger charge is -2.20.